The lowest BCUT2D eigenvalue weighted by atomic mass is 10.0. The van der Waals surface area contributed by atoms with Gasteiger partial charge in [0.1, 0.15) is 18.9 Å². The maximum atomic E-state index is 13.1. The van der Waals surface area contributed by atoms with Crippen molar-refractivity contribution in [1.82, 2.24) is 4.90 Å². The number of allylic oxidation sites excluding steroid dienone is 1. The van der Waals surface area contributed by atoms with Gasteiger partial charge in [-0.3, -0.25) is 19.3 Å². The number of anilines is 1. The minimum atomic E-state index is -0.560. The normalized spacial score (nSPS) is 13.8. The Hall–Kier alpha value is -4.21. The van der Waals surface area contributed by atoms with Crippen LogP contribution >= 0.6 is 23.4 Å². The minimum Gasteiger partial charge on any atom is -0.495 e. The summed E-state index contributed by atoms with van der Waals surface area (Å²) in [7, 11) is 1.49. The number of carbonyl (C=O) groups is 3. The number of hydrogen-bond acceptors (Lipinski definition) is 7. The largest absolute Gasteiger partial charge is 0.495 e. The fourth-order valence-electron chi connectivity index (χ4n) is 4.11. The molecule has 0 aromatic heterocycles. The maximum Gasteiger partial charge on any atom is 0.294 e. The first-order valence-corrected chi connectivity index (χ1v) is 14.0. The number of imide groups is 1. The second-order valence-electron chi connectivity index (χ2n) is 8.87. The molecule has 1 saturated heterocycles. The molecule has 3 aromatic rings. The van der Waals surface area contributed by atoms with E-state index >= 15 is 0 Å². The van der Waals surface area contributed by atoms with E-state index in [2.05, 4.69) is 11.9 Å². The first-order valence-electron chi connectivity index (χ1n) is 12.8. The lowest BCUT2D eigenvalue weighted by molar-refractivity contribution is -0.127. The van der Waals surface area contributed by atoms with Gasteiger partial charge in [-0.05, 0) is 72.6 Å². The Kier molecular flexibility index (Phi) is 10.1. The topological polar surface area (TPSA) is 94.2 Å². The number of carbonyl (C=O) groups excluding carboxylic acids is 3. The molecule has 0 saturated carbocycles. The molecule has 1 aliphatic rings. The number of rotatable bonds is 12. The van der Waals surface area contributed by atoms with E-state index in [0.29, 0.717) is 53.2 Å². The van der Waals surface area contributed by atoms with Crippen LogP contribution in [-0.4, -0.2) is 42.2 Å². The van der Waals surface area contributed by atoms with Crippen molar-refractivity contribution in [2.24, 2.45) is 0 Å². The molecule has 0 atom stereocenters. The van der Waals surface area contributed by atoms with Crippen molar-refractivity contribution in [3.63, 3.8) is 0 Å². The third kappa shape index (κ3) is 7.50. The molecule has 10 heteroatoms. The van der Waals surface area contributed by atoms with Crippen molar-refractivity contribution < 1.29 is 28.6 Å². The van der Waals surface area contributed by atoms with Crippen LogP contribution in [0.3, 0.4) is 0 Å². The van der Waals surface area contributed by atoms with Crippen LogP contribution in [0.4, 0.5) is 10.5 Å². The van der Waals surface area contributed by atoms with Crippen LogP contribution in [-0.2, 0) is 22.6 Å². The Morgan fingerprint density at radius 2 is 1.85 bits per heavy atom. The van der Waals surface area contributed by atoms with E-state index in [0.717, 1.165) is 27.8 Å². The van der Waals surface area contributed by atoms with E-state index in [1.807, 2.05) is 43.3 Å². The molecule has 1 aliphatic heterocycles. The molecule has 4 rings (SSSR count). The van der Waals surface area contributed by atoms with Crippen molar-refractivity contribution in [1.29, 1.82) is 0 Å². The van der Waals surface area contributed by atoms with Crippen LogP contribution in [0.5, 0.6) is 17.2 Å². The predicted molar refractivity (Wildman–Crippen MR) is 162 cm³/mol. The lowest BCUT2D eigenvalue weighted by Crippen LogP contribution is -2.36. The zero-order valence-corrected chi connectivity index (χ0v) is 24.2. The molecule has 3 aromatic carbocycles. The SMILES string of the molecule is C=CCc1cc(/C=C2\SC(=O)N(CC(=O)Nc3ccc(OC)c(Cl)c3)C2=O)cc(OCC)c1OCc1ccccc1. The number of ether oxygens (including phenoxy) is 3. The number of thioether (sulfide) groups is 1. The van der Waals surface area contributed by atoms with Crippen LogP contribution in [0.25, 0.3) is 6.08 Å². The molecule has 3 amide bonds. The summed E-state index contributed by atoms with van der Waals surface area (Å²) in [5.74, 6) is 0.472. The highest BCUT2D eigenvalue weighted by molar-refractivity contribution is 8.18. The van der Waals surface area contributed by atoms with Crippen LogP contribution in [0.2, 0.25) is 5.02 Å². The zero-order chi connectivity index (χ0) is 29.4. The van der Waals surface area contributed by atoms with Gasteiger partial charge in [-0.1, -0.05) is 48.0 Å². The van der Waals surface area contributed by atoms with Gasteiger partial charge in [0.2, 0.25) is 5.91 Å². The maximum absolute atomic E-state index is 13.1. The standard InChI is InChI=1S/C31H29ClN2O6S/c1-4-9-22-14-21(15-26(39-5-2)29(22)40-19-20-10-7-6-8-11-20)16-27-30(36)34(31(37)41-27)18-28(35)33-23-12-13-25(38-3)24(32)17-23/h4,6-8,10-17H,1,5,9,18-19H2,2-3H3,(H,33,35)/b27-16-. The van der Waals surface area contributed by atoms with Crippen molar-refractivity contribution in [2.45, 2.75) is 20.0 Å². The Morgan fingerprint density at radius 3 is 2.54 bits per heavy atom. The molecule has 1 fully saturated rings. The van der Waals surface area contributed by atoms with Gasteiger partial charge in [0, 0.05) is 11.3 Å². The van der Waals surface area contributed by atoms with Gasteiger partial charge in [0.15, 0.2) is 11.5 Å². The first-order chi connectivity index (χ1) is 19.8. The molecule has 41 heavy (non-hydrogen) atoms. The third-order valence-corrected chi connectivity index (χ3v) is 7.16. The average Bonchev–Trinajstić information content (AvgIpc) is 3.20. The van der Waals surface area contributed by atoms with E-state index in [1.165, 1.54) is 13.2 Å². The summed E-state index contributed by atoms with van der Waals surface area (Å²) in [5, 5.41) is 2.43. The van der Waals surface area contributed by atoms with Crippen molar-refractivity contribution >= 4 is 52.2 Å². The molecule has 212 valence electrons. The van der Waals surface area contributed by atoms with Gasteiger partial charge in [-0.15, -0.1) is 6.58 Å². The third-order valence-electron chi connectivity index (χ3n) is 5.95. The van der Waals surface area contributed by atoms with E-state index in [9.17, 15) is 14.4 Å². The number of hydrogen-bond donors (Lipinski definition) is 1. The summed E-state index contributed by atoms with van der Waals surface area (Å²) in [6.45, 7) is 6.05. The highest BCUT2D eigenvalue weighted by Crippen LogP contribution is 2.38. The Balaban J connectivity index is 1.52. The molecule has 0 spiro atoms. The van der Waals surface area contributed by atoms with Crippen molar-refractivity contribution in [3.8, 4) is 17.2 Å². The average molecular weight is 593 g/mol. The Labute approximate surface area is 247 Å². The first kappa shape index (κ1) is 29.8. The number of benzene rings is 3. The summed E-state index contributed by atoms with van der Waals surface area (Å²) in [6.07, 6.45) is 3.87. The number of amides is 3. The van der Waals surface area contributed by atoms with Gasteiger partial charge in [0.05, 0.1) is 23.6 Å². The highest BCUT2D eigenvalue weighted by atomic mass is 35.5. The van der Waals surface area contributed by atoms with Gasteiger partial charge >= 0.3 is 0 Å². The summed E-state index contributed by atoms with van der Waals surface area (Å²) in [5.41, 5.74) is 2.90. The second kappa shape index (κ2) is 13.9. The quantitative estimate of drug-likeness (QED) is 0.184. The molecule has 1 heterocycles. The van der Waals surface area contributed by atoms with Gasteiger partial charge in [-0.25, -0.2) is 0 Å². The predicted octanol–water partition coefficient (Wildman–Crippen LogP) is 6.73. The zero-order valence-electron chi connectivity index (χ0n) is 22.6. The number of nitrogens with zero attached hydrogens (tertiary/aromatic N) is 1. The fraction of sp³-hybridized carbons (Fsp3) is 0.194. The Bertz CT molecular complexity index is 1490. The molecular formula is C31H29ClN2O6S. The fourth-order valence-corrected chi connectivity index (χ4v) is 5.20. The molecule has 0 bridgehead atoms. The summed E-state index contributed by atoms with van der Waals surface area (Å²) >= 11 is 6.89. The molecule has 0 radical (unpaired) electrons. The smallest absolute Gasteiger partial charge is 0.294 e. The molecule has 1 N–H and O–H groups in total. The molecule has 8 nitrogen and oxygen atoms in total. The monoisotopic (exact) mass is 592 g/mol. The minimum absolute atomic E-state index is 0.195. The molecule has 0 aliphatic carbocycles. The van der Waals surface area contributed by atoms with Crippen LogP contribution < -0.4 is 19.5 Å². The van der Waals surface area contributed by atoms with E-state index in [4.69, 9.17) is 25.8 Å². The number of halogens is 1. The van der Waals surface area contributed by atoms with E-state index in [1.54, 1.807) is 30.4 Å². The lowest BCUT2D eigenvalue weighted by Gasteiger charge is -2.17. The van der Waals surface area contributed by atoms with Crippen LogP contribution in [0.15, 0.2) is 78.2 Å². The van der Waals surface area contributed by atoms with Crippen LogP contribution in [0.1, 0.15) is 23.6 Å². The molecular weight excluding hydrogens is 564 g/mol. The summed E-state index contributed by atoms with van der Waals surface area (Å²) in [6, 6.07) is 18.2. The van der Waals surface area contributed by atoms with Gasteiger partial charge in [0.25, 0.3) is 11.1 Å². The number of methoxy groups -OCH3 is 1. The Morgan fingerprint density at radius 1 is 1.07 bits per heavy atom. The second-order valence-corrected chi connectivity index (χ2v) is 10.3. The van der Waals surface area contributed by atoms with E-state index < -0.39 is 23.6 Å². The molecule has 0 unspecified atom stereocenters. The van der Waals surface area contributed by atoms with Gasteiger partial charge < -0.3 is 19.5 Å². The van der Waals surface area contributed by atoms with Crippen molar-refractivity contribution in [3.05, 3.63) is 99.9 Å². The van der Waals surface area contributed by atoms with E-state index in [-0.39, 0.29) is 4.91 Å². The number of nitrogens with one attached hydrogen (secondary N) is 1. The summed E-state index contributed by atoms with van der Waals surface area (Å²) < 4.78 is 17.2. The van der Waals surface area contributed by atoms with Crippen LogP contribution in [0, 0.1) is 0 Å². The highest BCUT2D eigenvalue weighted by Gasteiger charge is 2.36. The van der Waals surface area contributed by atoms with Gasteiger partial charge in [-0.2, -0.15) is 0 Å². The van der Waals surface area contributed by atoms with Crippen molar-refractivity contribution in [2.75, 3.05) is 25.6 Å². The summed E-state index contributed by atoms with van der Waals surface area (Å²) in [4.78, 5) is 39.5.